The Morgan fingerprint density at radius 3 is 2.44 bits per heavy atom. The van der Waals surface area contributed by atoms with Gasteiger partial charge in [-0.15, -0.1) is 0 Å². The number of carbonyl (C=O) groups is 2. The highest BCUT2D eigenvalue weighted by Crippen LogP contribution is 2.03. The van der Waals surface area contributed by atoms with Crippen molar-refractivity contribution in [2.24, 2.45) is 0 Å². The summed E-state index contributed by atoms with van der Waals surface area (Å²) in [5.74, 6) is -1.04. The molecule has 4 heteroatoms. The van der Waals surface area contributed by atoms with Crippen LogP contribution in [0.25, 0.3) is 0 Å². The van der Waals surface area contributed by atoms with Crippen molar-refractivity contribution in [1.29, 1.82) is 0 Å². The average molecular weight is 248 g/mol. The van der Waals surface area contributed by atoms with E-state index in [2.05, 4.69) is 5.32 Å². The molecule has 0 saturated carbocycles. The van der Waals surface area contributed by atoms with E-state index in [1.165, 1.54) is 4.90 Å². The van der Waals surface area contributed by atoms with Gasteiger partial charge in [-0.3, -0.25) is 9.59 Å². The summed E-state index contributed by atoms with van der Waals surface area (Å²) in [5, 5.41) is 2.67. The van der Waals surface area contributed by atoms with E-state index in [0.717, 1.165) is 12.0 Å². The van der Waals surface area contributed by atoms with Crippen LogP contribution in [0.4, 0.5) is 0 Å². The predicted octanol–water partition coefficient (Wildman–Crippen LogP) is 1.56. The minimum absolute atomic E-state index is 0.0200. The summed E-state index contributed by atoms with van der Waals surface area (Å²) in [6, 6.07) is 9.61. The Labute approximate surface area is 108 Å². The molecule has 1 N–H and O–H groups in total. The molecule has 0 radical (unpaired) electrons. The zero-order chi connectivity index (χ0) is 13.5. The van der Waals surface area contributed by atoms with E-state index in [4.69, 9.17) is 0 Å². The molecule has 1 unspecified atom stereocenters. The Morgan fingerprint density at radius 1 is 1.28 bits per heavy atom. The number of hydrogen-bond acceptors (Lipinski definition) is 2. The van der Waals surface area contributed by atoms with Crippen LogP contribution in [0.15, 0.2) is 30.3 Å². The molecule has 0 aliphatic carbocycles. The van der Waals surface area contributed by atoms with Gasteiger partial charge in [-0.05, 0) is 18.9 Å². The number of amides is 2. The van der Waals surface area contributed by atoms with Crippen molar-refractivity contribution in [1.82, 2.24) is 10.2 Å². The van der Waals surface area contributed by atoms with Crippen LogP contribution in [0.5, 0.6) is 0 Å². The van der Waals surface area contributed by atoms with Crippen molar-refractivity contribution in [3.8, 4) is 0 Å². The first-order chi connectivity index (χ1) is 8.54. The van der Waals surface area contributed by atoms with Crippen molar-refractivity contribution < 1.29 is 9.59 Å². The monoisotopic (exact) mass is 248 g/mol. The highest BCUT2D eigenvalue weighted by atomic mass is 16.2. The maximum Gasteiger partial charge on any atom is 0.311 e. The zero-order valence-corrected chi connectivity index (χ0v) is 11.1. The van der Waals surface area contributed by atoms with Crippen molar-refractivity contribution in [2.45, 2.75) is 32.9 Å². The number of benzene rings is 1. The molecule has 1 aromatic rings. The lowest BCUT2D eigenvalue weighted by molar-refractivity contribution is -0.145. The van der Waals surface area contributed by atoms with Crippen molar-refractivity contribution in [3.05, 3.63) is 35.9 Å². The molecular weight excluding hydrogens is 228 g/mol. The first-order valence-corrected chi connectivity index (χ1v) is 6.14. The summed E-state index contributed by atoms with van der Waals surface area (Å²) >= 11 is 0. The fraction of sp³-hybridized carbons (Fsp3) is 0.429. The summed E-state index contributed by atoms with van der Waals surface area (Å²) in [4.78, 5) is 24.9. The molecule has 0 aliphatic rings. The van der Waals surface area contributed by atoms with E-state index >= 15 is 0 Å². The van der Waals surface area contributed by atoms with Gasteiger partial charge in [-0.2, -0.15) is 0 Å². The zero-order valence-electron chi connectivity index (χ0n) is 11.1. The van der Waals surface area contributed by atoms with Gasteiger partial charge in [0.15, 0.2) is 0 Å². The van der Waals surface area contributed by atoms with Gasteiger partial charge in [0.2, 0.25) is 0 Å². The second-order valence-corrected chi connectivity index (χ2v) is 4.43. The van der Waals surface area contributed by atoms with E-state index in [1.807, 2.05) is 44.2 Å². The van der Waals surface area contributed by atoms with Crippen molar-refractivity contribution in [2.75, 3.05) is 7.05 Å². The number of nitrogens with zero attached hydrogens (tertiary/aromatic N) is 1. The number of nitrogens with one attached hydrogen (secondary N) is 1. The van der Waals surface area contributed by atoms with Crippen LogP contribution in [-0.2, 0) is 16.1 Å². The van der Waals surface area contributed by atoms with Gasteiger partial charge in [-0.1, -0.05) is 37.3 Å². The molecule has 0 fully saturated rings. The van der Waals surface area contributed by atoms with Gasteiger partial charge in [-0.25, -0.2) is 0 Å². The van der Waals surface area contributed by atoms with E-state index in [9.17, 15) is 9.59 Å². The van der Waals surface area contributed by atoms with Crippen molar-refractivity contribution in [3.63, 3.8) is 0 Å². The summed E-state index contributed by atoms with van der Waals surface area (Å²) in [5.41, 5.74) is 1.00. The molecule has 1 rings (SSSR count). The average Bonchev–Trinajstić information content (AvgIpc) is 2.38. The second-order valence-electron chi connectivity index (χ2n) is 4.43. The number of hydrogen-bond donors (Lipinski definition) is 1. The molecule has 1 aromatic carbocycles. The van der Waals surface area contributed by atoms with Crippen molar-refractivity contribution >= 4 is 11.8 Å². The van der Waals surface area contributed by atoms with Crippen LogP contribution in [-0.4, -0.2) is 29.8 Å². The third-order valence-electron chi connectivity index (χ3n) is 2.79. The quantitative estimate of drug-likeness (QED) is 0.822. The lowest BCUT2D eigenvalue weighted by Gasteiger charge is -2.18. The molecule has 4 nitrogen and oxygen atoms in total. The Kier molecular flexibility index (Phi) is 5.36. The van der Waals surface area contributed by atoms with E-state index in [1.54, 1.807) is 7.05 Å². The molecule has 0 spiro atoms. The minimum Gasteiger partial charge on any atom is -0.345 e. The summed E-state index contributed by atoms with van der Waals surface area (Å²) < 4.78 is 0. The lowest BCUT2D eigenvalue weighted by Crippen LogP contribution is -2.43. The maximum absolute atomic E-state index is 11.8. The van der Waals surface area contributed by atoms with Crippen LogP contribution in [0, 0.1) is 0 Å². The molecule has 0 heterocycles. The lowest BCUT2D eigenvalue weighted by atomic mass is 10.2. The molecular formula is C14H20N2O2. The van der Waals surface area contributed by atoms with Crippen LogP contribution in [0.2, 0.25) is 0 Å². The minimum atomic E-state index is -0.539. The van der Waals surface area contributed by atoms with Gasteiger partial charge < -0.3 is 10.2 Å². The molecule has 0 saturated heterocycles. The molecule has 0 aliphatic heterocycles. The highest BCUT2D eigenvalue weighted by Gasteiger charge is 2.19. The topological polar surface area (TPSA) is 49.4 Å². The van der Waals surface area contributed by atoms with Gasteiger partial charge in [0.25, 0.3) is 0 Å². The van der Waals surface area contributed by atoms with Crippen LogP contribution >= 0.6 is 0 Å². The molecule has 18 heavy (non-hydrogen) atoms. The number of carbonyl (C=O) groups excluding carboxylic acids is 2. The molecule has 98 valence electrons. The Hall–Kier alpha value is -1.84. The van der Waals surface area contributed by atoms with Gasteiger partial charge in [0.1, 0.15) is 0 Å². The second kappa shape index (κ2) is 6.79. The highest BCUT2D eigenvalue weighted by molar-refractivity contribution is 6.34. The van der Waals surface area contributed by atoms with Gasteiger partial charge >= 0.3 is 11.8 Å². The SMILES string of the molecule is CCC(C)NC(=O)C(=O)N(C)Cc1ccccc1. The standard InChI is InChI=1S/C14H20N2O2/c1-4-11(2)15-13(17)14(18)16(3)10-12-8-6-5-7-9-12/h5-9,11H,4,10H2,1-3H3,(H,15,17). The maximum atomic E-state index is 11.8. The Bertz CT molecular complexity index is 404. The fourth-order valence-corrected chi connectivity index (χ4v) is 1.49. The van der Waals surface area contributed by atoms with Crippen LogP contribution in [0.3, 0.4) is 0 Å². The molecule has 1 atom stereocenters. The van der Waals surface area contributed by atoms with Crippen LogP contribution < -0.4 is 5.32 Å². The third kappa shape index (κ3) is 4.20. The summed E-state index contributed by atoms with van der Waals surface area (Å²) in [7, 11) is 1.63. The largest absolute Gasteiger partial charge is 0.345 e. The predicted molar refractivity (Wildman–Crippen MR) is 70.8 cm³/mol. The van der Waals surface area contributed by atoms with E-state index in [0.29, 0.717) is 6.54 Å². The Balaban J connectivity index is 2.54. The van der Waals surface area contributed by atoms with E-state index in [-0.39, 0.29) is 6.04 Å². The number of likely N-dealkylation sites (N-methyl/N-ethyl adjacent to an activating group) is 1. The van der Waals surface area contributed by atoms with Crippen LogP contribution in [0.1, 0.15) is 25.8 Å². The van der Waals surface area contributed by atoms with E-state index < -0.39 is 11.8 Å². The Morgan fingerprint density at radius 2 is 1.89 bits per heavy atom. The fourth-order valence-electron chi connectivity index (χ4n) is 1.49. The third-order valence-corrected chi connectivity index (χ3v) is 2.79. The van der Waals surface area contributed by atoms with Gasteiger partial charge in [0.05, 0.1) is 0 Å². The molecule has 0 aromatic heterocycles. The first-order valence-electron chi connectivity index (χ1n) is 6.14. The summed E-state index contributed by atoms with van der Waals surface area (Å²) in [6.07, 6.45) is 0.807. The smallest absolute Gasteiger partial charge is 0.311 e. The molecule has 0 bridgehead atoms. The first kappa shape index (κ1) is 14.2. The molecule has 2 amide bonds. The normalized spacial score (nSPS) is 11.7. The summed E-state index contributed by atoms with van der Waals surface area (Å²) in [6.45, 7) is 4.28. The van der Waals surface area contributed by atoms with Gasteiger partial charge in [0, 0.05) is 19.6 Å². The number of rotatable bonds is 4.